The van der Waals surface area contributed by atoms with Crippen molar-refractivity contribution in [1.82, 2.24) is 19.5 Å². The Morgan fingerprint density at radius 2 is 2.08 bits per heavy atom. The number of amides is 1. The number of nitrogens with one attached hydrogen (secondary N) is 1. The Hall–Kier alpha value is -3.16. The highest BCUT2D eigenvalue weighted by Gasteiger charge is 2.35. The quantitative estimate of drug-likeness (QED) is 0.726. The van der Waals surface area contributed by atoms with Crippen LogP contribution in [0, 0.1) is 0 Å². The van der Waals surface area contributed by atoms with Crippen LogP contribution < -0.4 is 5.56 Å². The number of carboxylic acids is 1. The maximum atomic E-state index is 12.8. The molecule has 8 heteroatoms. The minimum atomic E-state index is -1.02. The van der Waals surface area contributed by atoms with E-state index in [1.54, 1.807) is 24.3 Å². The first-order chi connectivity index (χ1) is 11.6. The zero-order chi connectivity index (χ0) is 16.8. The summed E-state index contributed by atoms with van der Waals surface area (Å²) in [6, 6.07) is 6.12. The summed E-state index contributed by atoms with van der Waals surface area (Å²) in [6.45, 7) is 0.380. The monoisotopic (exact) mass is 326 g/mol. The molecule has 8 nitrogen and oxygen atoms in total. The normalized spacial score (nSPS) is 17.7. The van der Waals surface area contributed by atoms with Crippen LogP contribution in [0.2, 0.25) is 0 Å². The number of fused-ring (bicyclic) bond motifs is 3. The minimum Gasteiger partial charge on any atom is -0.480 e. The number of aromatic nitrogens is 3. The fraction of sp³-hybridized carbons (Fsp3) is 0.250. The van der Waals surface area contributed by atoms with E-state index in [-0.39, 0.29) is 16.8 Å². The average Bonchev–Trinajstić information content (AvgIpc) is 3.21. The molecule has 4 rings (SSSR count). The smallest absolute Gasteiger partial charge is 0.326 e. The summed E-state index contributed by atoms with van der Waals surface area (Å²) < 4.78 is 1.50. The van der Waals surface area contributed by atoms with Crippen molar-refractivity contribution in [3.63, 3.8) is 0 Å². The average molecular weight is 326 g/mol. The lowest BCUT2D eigenvalue weighted by Crippen LogP contribution is -2.40. The number of rotatable bonds is 2. The van der Waals surface area contributed by atoms with Crippen LogP contribution in [0.4, 0.5) is 0 Å². The molecular weight excluding hydrogens is 312 g/mol. The molecule has 3 heterocycles. The van der Waals surface area contributed by atoms with Gasteiger partial charge >= 0.3 is 5.97 Å². The highest BCUT2D eigenvalue weighted by Crippen LogP contribution is 2.22. The number of carbonyl (C=O) groups excluding carboxylic acids is 1. The van der Waals surface area contributed by atoms with Gasteiger partial charge in [0.25, 0.3) is 11.5 Å². The molecule has 24 heavy (non-hydrogen) atoms. The zero-order valence-corrected chi connectivity index (χ0v) is 12.6. The molecule has 1 fully saturated rings. The van der Waals surface area contributed by atoms with E-state index in [2.05, 4.69) is 10.1 Å². The number of para-hydroxylation sites is 1. The Morgan fingerprint density at radius 1 is 1.29 bits per heavy atom. The Bertz CT molecular complexity index is 1040. The van der Waals surface area contributed by atoms with Crippen LogP contribution in [0.5, 0.6) is 0 Å². The van der Waals surface area contributed by atoms with Gasteiger partial charge < -0.3 is 15.0 Å². The van der Waals surface area contributed by atoms with E-state index in [9.17, 15) is 19.5 Å². The Labute approximate surface area is 135 Å². The Morgan fingerprint density at radius 3 is 2.88 bits per heavy atom. The van der Waals surface area contributed by atoms with Crippen molar-refractivity contribution in [2.45, 2.75) is 18.9 Å². The van der Waals surface area contributed by atoms with E-state index in [0.717, 1.165) is 0 Å². The number of aromatic amines is 1. The van der Waals surface area contributed by atoms with E-state index >= 15 is 0 Å². The molecule has 1 aliphatic heterocycles. The lowest BCUT2D eigenvalue weighted by atomic mass is 10.2. The second kappa shape index (κ2) is 5.19. The molecule has 122 valence electrons. The first-order valence-corrected chi connectivity index (χ1v) is 7.60. The van der Waals surface area contributed by atoms with Gasteiger partial charge in [-0.25, -0.2) is 9.31 Å². The summed E-state index contributed by atoms with van der Waals surface area (Å²) in [5.74, 6) is -1.45. The molecule has 2 aromatic heterocycles. The summed E-state index contributed by atoms with van der Waals surface area (Å²) in [5, 5.41) is 13.9. The third-order valence-corrected chi connectivity index (χ3v) is 4.41. The van der Waals surface area contributed by atoms with Gasteiger partial charge in [0, 0.05) is 6.54 Å². The van der Waals surface area contributed by atoms with Gasteiger partial charge in [0.15, 0.2) is 0 Å². The van der Waals surface area contributed by atoms with E-state index in [0.29, 0.717) is 30.3 Å². The number of H-pyrrole nitrogens is 1. The van der Waals surface area contributed by atoms with E-state index in [1.165, 1.54) is 15.6 Å². The number of likely N-dealkylation sites (tertiary alicyclic amines) is 1. The number of benzene rings is 1. The molecule has 1 unspecified atom stereocenters. The zero-order valence-electron chi connectivity index (χ0n) is 12.6. The molecule has 1 aromatic carbocycles. The molecule has 0 aliphatic carbocycles. The molecule has 1 aliphatic rings. The first-order valence-electron chi connectivity index (χ1n) is 7.60. The molecule has 1 saturated heterocycles. The van der Waals surface area contributed by atoms with Gasteiger partial charge in [-0.05, 0) is 25.0 Å². The van der Waals surface area contributed by atoms with Crippen LogP contribution in [0.25, 0.3) is 16.6 Å². The molecule has 0 spiro atoms. The van der Waals surface area contributed by atoms with Gasteiger partial charge in [-0.15, -0.1) is 0 Å². The molecular formula is C16H14N4O4. The van der Waals surface area contributed by atoms with Crippen molar-refractivity contribution in [1.29, 1.82) is 0 Å². The van der Waals surface area contributed by atoms with Gasteiger partial charge in [0.05, 0.1) is 17.1 Å². The fourth-order valence-electron chi connectivity index (χ4n) is 3.25. The second-order valence-electron chi connectivity index (χ2n) is 5.78. The minimum absolute atomic E-state index is 0.200. The van der Waals surface area contributed by atoms with E-state index in [4.69, 9.17) is 0 Å². The van der Waals surface area contributed by atoms with Crippen LogP contribution in [0.1, 0.15) is 23.2 Å². The standard InChI is InChI=1S/C16H14N4O4/c21-14-9-4-1-2-5-11(9)20-13(18-14)10(8-17-20)15(22)19-7-3-6-12(19)16(23)24/h1-2,4-5,8,12H,3,6-7H2,(H,18,21)(H,23,24). The van der Waals surface area contributed by atoms with Crippen molar-refractivity contribution in [2.75, 3.05) is 6.54 Å². The highest BCUT2D eigenvalue weighted by atomic mass is 16.4. The molecule has 0 saturated carbocycles. The third kappa shape index (κ3) is 1.99. The summed E-state index contributed by atoms with van der Waals surface area (Å²) >= 11 is 0. The number of hydrogen-bond donors (Lipinski definition) is 2. The van der Waals surface area contributed by atoms with E-state index < -0.39 is 17.9 Å². The predicted molar refractivity (Wildman–Crippen MR) is 85.0 cm³/mol. The molecule has 0 bridgehead atoms. The number of aliphatic carboxylic acids is 1. The maximum Gasteiger partial charge on any atom is 0.326 e. The van der Waals surface area contributed by atoms with Gasteiger partial charge in [-0.3, -0.25) is 9.59 Å². The van der Waals surface area contributed by atoms with Crippen LogP contribution >= 0.6 is 0 Å². The largest absolute Gasteiger partial charge is 0.480 e. The van der Waals surface area contributed by atoms with Crippen molar-refractivity contribution in [2.24, 2.45) is 0 Å². The van der Waals surface area contributed by atoms with Crippen molar-refractivity contribution in [3.05, 3.63) is 46.4 Å². The molecule has 0 radical (unpaired) electrons. The second-order valence-corrected chi connectivity index (χ2v) is 5.78. The Kier molecular flexibility index (Phi) is 3.12. The SMILES string of the molecule is O=C(O)C1CCCN1C(=O)c1cnn2c1[nH]c(=O)c1ccccc12. The summed E-state index contributed by atoms with van der Waals surface area (Å²) in [7, 11) is 0. The van der Waals surface area contributed by atoms with Gasteiger partial charge in [0.2, 0.25) is 0 Å². The number of hydrogen-bond acceptors (Lipinski definition) is 4. The predicted octanol–water partition coefficient (Wildman–Crippen LogP) is 0.865. The lowest BCUT2D eigenvalue weighted by Gasteiger charge is -2.20. The molecule has 1 atom stereocenters. The fourth-order valence-corrected chi connectivity index (χ4v) is 3.25. The van der Waals surface area contributed by atoms with Gasteiger partial charge in [-0.2, -0.15) is 5.10 Å². The highest BCUT2D eigenvalue weighted by molar-refractivity contribution is 6.02. The number of nitrogens with zero attached hydrogens (tertiary/aromatic N) is 3. The van der Waals surface area contributed by atoms with Crippen molar-refractivity contribution < 1.29 is 14.7 Å². The molecule has 3 aromatic rings. The van der Waals surface area contributed by atoms with Crippen LogP contribution in [0.15, 0.2) is 35.3 Å². The van der Waals surface area contributed by atoms with Crippen LogP contribution in [-0.4, -0.2) is 49.1 Å². The molecule has 1 amide bonds. The first kappa shape index (κ1) is 14.4. The summed E-state index contributed by atoms with van der Waals surface area (Å²) in [5.41, 5.74) is 0.751. The van der Waals surface area contributed by atoms with Crippen LogP contribution in [0.3, 0.4) is 0 Å². The van der Waals surface area contributed by atoms with E-state index in [1.807, 2.05) is 0 Å². The lowest BCUT2D eigenvalue weighted by molar-refractivity contribution is -0.141. The third-order valence-electron chi connectivity index (χ3n) is 4.41. The van der Waals surface area contributed by atoms with Gasteiger partial charge in [0.1, 0.15) is 17.3 Å². The summed E-state index contributed by atoms with van der Waals surface area (Å²) in [4.78, 5) is 40.3. The van der Waals surface area contributed by atoms with Crippen molar-refractivity contribution in [3.8, 4) is 0 Å². The van der Waals surface area contributed by atoms with Crippen LogP contribution in [-0.2, 0) is 4.79 Å². The maximum absolute atomic E-state index is 12.8. The Balaban J connectivity index is 1.88. The van der Waals surface area contributed by atoms with Gasteiger partial charge in [-0.1, -0.05) is 12.1 Å². The molecule has 2 N–H and O–H groups in total. The number of carboxylic acid groups (broad SMARTS) is 1. The summed E-state index contributed by atoms with van der Waals surface area (Å²) in [6.07, 6.45) is 2.44. The van der Waals surface area contributed by atoms with Crippen molar-refractivity contribution >= 4 is 28.4 Å². The number of carbonyl (C=O) groups is 2. The topological polar surface area (TPSA) is 108 Å².